The van der Waals surface area contributed by atoms with Crippen LogP contribution in [-0.2, 0) is 4.79 Å². The van der Waals surface area contributed by atoms with Gasteiger partial charge in [0, 0.05) is 12.0 Å². The Morgan fingerprint density at radius 3 is 2.74 bits per heavy atom. The summed E-state index contributed by atoms with van der Waals surface area (Å²) in [6.45, 7) is 12.1. The number of nitrogens with zero attached hydrogens (tertiary/aromatic N) is 3. The normalized spacial score (nSPS) is 20.2. The number of allylic oxidation sites excluding steroid dienone is 3. The fourth-order valence-electron chi connectivity index (χ4n) is 3.35. The van der Waals surface area contributed by atoms with Crippen molar-refractivity contribution >= 4 is 22.7 Å². The zero-order valence-corrected chi connectivity index (χ0v) is 14.1. The number of imidazole rings is 1. The molecule has 1 fully saturated rings. The fraction of sp³-hybridized carbons (Fsp3) is 0.389. The highest BCUT2D eigenvalue weighted by Gasteiger charge is 2.33. The van der Waals surface area contributed by atoms with Crippen molar-refractivity contribution in [2.45, 2.75) is 40.5 Å². The lowest BCUT2D eigenvalue weighted by Gasteiger charge is -2.32. The van der Waals surface area contributed by atoms with E-state index in [4.69, 9.17) is 5.73 Å². The molecule has 1 aliphatic carbocycles. The predicted molar refractivity (Wildman–Crippen MR) is 91.9 cm³/mol. The minimum Gasteiger partial charge on any atom is -0.396 e. The number of Topliss-reactive ketones (excluding diaryl/α,β-unsaturated/α-hetero) is 1. The average molecular weight is 310 g/mol. The standard InChI is InChI=1S/C18H22N4O/c1-10-7-18(4,5)8-15(23)16(10)12(3)14-6-13(19)17-20-11(2)9-22(17)21-14/h6,9H,1,7-8,19H2,2-5H3/b16-12+. The Morgan fingerprint density at radius 1 is 1.39 bits per heavy atom. The van der Waals surface area contributed by atoms with Crippen LogP contribution in [-0.4, -0.2) is 20.4 Å². The van der Waals surface area contributed by atoms with E-state index in [1.807, 2.05) is 20.0 Å². The molecule has 120 valence electrons. The SMILES string of the molecule is C=C1CC(C)(C)CC(=O)/C1=C(\C)c1cc(N)c2nc(C)cn2n1. The summed E-state index contributed by atoms with van der Waals surface area (Å²) in [6.07, 6.45) is 3.17. The van der Waals surface area contributed by atoms with Crippen LogP contribution >= 0.6 is 0 Å². The number of hydrogen-bond donors (Lipinski definition) is 1. The molecule has 1 aliphatic rings. The van der Waals surface area contributed by atoms with E-state index in [2.05, 4.69) is 30.5 Å². The molecule has 2 heterocycles. The lowest BCUT2D eigenvalue weighted by molar-refractivity contribution is -0.117. The molecule has 2 aromatic heterocycles. The van der Waals surface area contributed by atoms with Crippen molar-refractivity contribution < 1.29 is 4.79 Å². The van der Waals surface area contributed by atoms with Crippen LogP contribution in [0.4, 0.5) is 5.69 Å². The van der Waals surface area contributed by atoms with Crippen LogP contribution in [0.15, 0.2) is 30.0 Å². The zero-order chi connectivity index (χ0) is 16.9. The number of carbonyl (C=O) groups is 1. The molecule has 0 spiro atoms. The van der Waals surface area contributed by atoms with Crippen LogP contribution in [0.1, 0.15) is 45.0 Å². The number of hydrogen-bond acceptors (Lipinski definition) is 4. The Balaban J connectivity index is 2.14. The van der Waals surface area contributed by atoms with E-state index >= 15 is 0 Å². The second-order valence-electron chi connectivity index (χ2n) is 7.18. The maximum absolute atomic E-state index is 12.6. The highest BCUT2D eigenvalue weighted by atomic mass is 16.1. The maximum atomic E-state index is 12.6. The summed E-state index contributed by atoms with van der Waals surface area (Å²) in [5, 5.41) is 4.56. The highest BCUT2D eigenvalue weighted by Crippen LogP contribution is 2.41. The first-order valence-corrected chi connectivity index (χ1v) is 7.73. The van der Waals surface area contributed by atoms with Gasteiger partial charge in [0.1, 0.15) is 0 Å². The topological polar surface area (TPSA) is 73.3 Å². The summed E-state index contributed by atoms with van der Waals surface area (Å²) < 4.78 is 1.67. The minimum absolute atomic E-state index is 0.0319. The van der Waals surface area contributed by atoms with Crippen molar-refractivity contribution in [3.63, 3.8) is 0 Å². The lowest BCUT2D eigenvalue weighted by Crippen LogP contribution is -2.26. The Morgan fingerprint density at radius 2 is 2.09 bits per heavy atom. The zero-order valence-electron chi connectivity index (χ0n) is 14.1. The third-order valence-corrected chi connectivity index (χ3v) is 4.30. The number of ketones is 1. The molecule has 0 aliphatic heterocycles. The number of nitrogens with two attached hydrogens (primary N) is 1. The number of nitrogen functional groups attached to an aromatic ring is 1. The van der Waals surface area contributed by atoms with E-state index in [0.29, 0.717) is 29.0 Å². The largest absolute Gasteiger partial charge is 0.396 e. The number of fused-ring (bicyclic) bond motifs is 1. The van der Waals surface area contributed by atoms with Gasteiger partial charge in [-0.2, -0.15) is 5.10 Å². The van der Waals surface area contributed by atoms with Gasteiger partial charge in [-0.1, -0.05) is 20.4 Å². The van der Waals surface area contributed by atoms with Gasteiger partial charge in [0.25, 0.3) is 0 Å². The van der Waals surface area contributed by atoms with Crippen molar-refractivity contribution in [1.82, 2.24) is 14.6 Å². The lowest BCUT2D eigenvalue weighted by atomic mass is 9.71. The van der Waals surface area contributed by atoms with Gasteiger partial charge in [0.05, 0.1) is 23.3 Å². The Bertz CT molecular complexity index is 849. The highest BCUT2D eigenvalue weighted by molar-refractivity contribution is 6.07. The second kappa shape index (κ2) is 5.05. The molecule has 5 nitrogen and oxygen atoms in total. The first kappa shape index (κ1) is 15.5. The number of aromatic nitrogens is 3. The molecule has 1 saturated carbocycles. The molecule has 0 radical (unpaired) electrons. The molecular formula is C18H22N4O. The molecule has 5 heteroatoms. The molecule has 0 amide bonds. The molecule has 0 bridgehead atoms. The van der Waals surface area contributed by atoms with Crippen LogP contribution in [0.2, 0.25) is 0 Å². The molecule has 0 saturated heterocycles. The van der Waals surface area contributed by atoms with Gasteiger partial charge in [-0.3, -0.25) is 4.79 Å². The van der Waals surface area contributed by atoms with E-state index < -0.39 is 0 Å². The van der Waals surface area contributed by atoms with E-state index in [-0.39, 0.29) is 11.2 Å². The van der Waals surface area contributed by atoms with Crippen molar-refractivity contribution in [3.05, 3.63) is 41.4 Å². The van der Waals surface area contributed by atoms with Gasteiger partial charge < -0.3 is 5.73 Å². The van der Waals surface area contributed by atoms with Crippen molar-refractivity contribution in [1.29, 1.82) is 0 Å². The smallest absolute Gasteiger partial charge is 0.177 e. The number of rotatable bonds is 1. The van der Waals surface area contributed by atoms with E-state index in [9.17, 15) is 4.79 Å². The number of carbonyl (C=O) groups excluding carboxylic acids is 1. The minimum atomic E-state index is -0.0319. The monoisotopic (exact) mass is 310 g/mol. The third-order valence-electron chi connectivity index (χ3n) is 4.30. The summed E-state index contributed by atoms with van der Waals surface area (Å²) in [6, 6.07) is 1.78. The molecule has 2 aromatic rings. The Kier molecular flexibility index (Phi) is 3.39. The molecule has 3 rings (SSSR count). The fourth-order valence-corrected chi connectivity index (χ4v) is 3.35. The van der Waals surface area contributed by atoms with Gasteiger partial charge in [-0.15, -0.1) is 0 Å². The quantitative estimate of drug-likeness (QED) is 0.820. The van der Waals surface area contributed by atoms with Crippen molar-refractivity contribution in [2.75, 3.05) is 5.73 Å². The summed E-state index contributed by atoms with van der Waals surface area (Å²) in [5.74, 6) is 0.131. The first-order chi connectivity index (χ1) is 10.7. The third kappa shape index (κ3) is 2.67. The van der Waals surface area contributed by atoms with E-state index in [1.54, 1.807) is 10.6 Å². The molecule has 0 aromatic carbocycles. The van der Waals surface area contributed by atoms with Gasteiger partial charge in [0.15, 0.2) is 11.4 Å². The first-order valence-electron chi connectivity index (χ1n) is 7.73. The van der Waals surface area contributed by atoms with Gasteiger partial charge in [0.2, 0.25) is 0 Å². The second-order valence-corrected chi connectivity index (χ2v) is 7.18. The predicted octanol–water partition coefficient (Wildman–Crippen LogP) is 3.34. The van der Waals surface area contributed by atoms with Crippen LogP contribution in [0.3, 0.4) is 0 Å². The van der Waals surface area contributed by atoms with E-state index in [0.717, 1.165) is 23.3 Å². The summed E-state index contributed by atoms with van der Waals surface area (Å²) in [5.41, 5.74) is 11.2. The van der Waals surface area contributed by atoms with E-state index in [1.165, 1.54) is 0 Å². The van der Waals surface area contributed by atoms with Crippen molar-refractivity contribution in [2.24, 2.45) is 5.41 Å². The molecule has 2 N–H and O–H groups in total. The number of anilines is 1. The van der Waals surface area contributed by atoms with Gasteiger partial charge >= 0.3 is 0 Å². The van der Waals surface area contributed by atoms with Crippen LogP contribution < -0.4 is 5.73 Å². The Hall–Kier alpha value is -2.43. The molecule has 0 atom stereocenters. The van der Waals surface area contributed by atoms with Gasteiger partial charge in [-0.25, -0.2) is 9.50 Å². The maximum Gasteiger partial charge on any atom is 0.177 e. The molecule has 23 heavy (non-hydrogen) atoms. The van der Waals surface area contributed by atoms with Gasteiger partial charge in [-0.05, 0) is 42.9 Å². The summed E-state index contributed by atoms with van der Waals surface area (Å²) in [7, 11) is 0. The van der Waals surface area contributed by atoms with Crippen LogP contribution in [0.25, 0.3) is 11.2 Å². The summed E-state index contributed by atoms with van der Waals surface area (Å²) >= 11 is 0. The van der Waals surface area contributed by atoms with Crippen LogP contribution in [0.5, 0.6) is 0 Å². The average Bonchev–Trinajstić information content (AvgIpc) is 2.77. The van der Waals surface area contributed by atoms with Crippen molar-refractivity contribution in [3.8, 4) is 0 Å². The number of aryl methyl sites for hydroxylation is 1. The summed E-state index contributed by atoms with van der Waals surface area (Å²) in [4.78, 5) is 16.9. The molecular weight excluding hydrogens is 288 g/mol. The molecule has 0 unspecified atom stereocenters. The Labute approximate surface area is 135 Å². The van der Waals surface area contributed by atoms with Crippen LogP contribution in [0, 0.1) is 12.3 Å².